The largest absolute Gasteiger partial charge is 0.302 e. The van der Waals surface area contributed by atoms with Crippen LogP contribution in [0.3, 0.4) is 0 Å². The standard InChI is InChI=1S/C32H28PSSi/c1-34-32(33(27-17-7-2-8-18-27)28-19-9-3-10-20-28)35(29-21-11-4-12-22-29,30-23-13-5-14-24-30)31-25-15-6-16-26-31/h2-26H,1H3/q-1. The molecule has 0 aliphatic carbocycles. The second-order valence-corrected chi connectivity index (χ2v) is 16.1. The zero-order chi connectivity index (χ0) is 23.9. The molecule has 0 saturated carbocycles. The van der Waals surface area contributed by atoms with Crippen molar-refractivity contribution in [3.8, 4) is 0 Å². The van der Waals surface area contributed by atoms with Gasteiger partial charge in [-0.1, -0.05) is 125 Å². The van der Waals surface area contributed by atoms with Crippen molar-refractivity contribution < 1.29 is 0 Å². The first-order valence-electron chi connectivity index (χ1n) is 11.8. The van der Waals surface area contributed by atoms with E-state index in [-0.39, 0.29) is 0 Å². The maximum atomic E-state index is 2.35. The minimum atomic E-state index is -2.57. The van der Waals surface area contributed by atoms with Crippen LogP contribution in [-0.2, 0) is 0 Å². The fraction of sp³-hybridized carbons (Fsp3) is 0.0312. The van der Waals surface area contributed by atoms with E-state index in [0.29, 0.717) is 0 Å². The third kappa shape index (κ3) is 4.62. The van der Waals surface area contributed by atoms with Gasteiger partial charge in [0.1, 0.15) is 5.30 Å². The molecule has 5 aromatic rings. The summed E-state index contributed by atoms with van der Waals surface area (Å²) < 4.78 is 1.59. The highest BCUT2D eigenvalue weighted by Crippen LogP contribution is 2.50. The Balaban J connectivity index is 1.94. The van der Waals surface area contributed by atoms with Crippen molar-refractivity contribution >= 4 is 48.2 Å². The van der Waals surface area contributed by atoms with Crippen LogP contribution in [0, 0.1) is 9.55 Å². The van der Waals surface area contributed by atoms with Gasteiger partial charge in [0.05, 0.1) is 8.07 Å². The van der Waals surface area contributed by atoms with E-state index in [1.165, 1.54) is 25.8 Å². The van der Waals surface area contributed by atoms with Crippen LogP contribution >= 0.6 is 19.3 Å². The number of hydrogen-bond acceptors (Lipinski definition) is 1. The SMILES string of the molecule is CS[C-]([P+](c1ccccc1)=c1cccc[cH-]1)[Si](c1ccccc1)(c1ccccc1)c1ccccc1. The molecule has 172 valence electrons. The van der Waals surface area contributed by atoms with Crippen molar-refractivity contribution in [3.63, 3.8) is 0 Å². The van der Waals surface area contributed by atoms with E-state index in [9.17, 15) is 0 Å². The summed E-state index contributed by atoms with van der Waals surface area (Å²) in [6.07, 6.45) is 2.28. The van der Waals surface area contributed by atoms with Gasteiger partial charge in [0.2, 0.25) is 0 Å². The molecule has 0 saturated heterocycles. The summed E-state index contributed by atoms with van der Waals surface area (Å²) in [5, 5.41) is 5.70. The molecule has 0 bridgehead atoms. The lowest BCUT2D eigenvalue weighted by molar-refractivity contribution is 1.65. The Kier molecular flexibility index (Phi) is 7.54. The molecule has 3 heteroatoms. The number of benzene rings is 5. The highest BCUT2D eigenvalue weighted by atomic mass is 32.2. The van der Waals surface area contributed by atoms with Crippen LogP contribution in [0.5, 0.6) is 0 Å². The maximum absolute atomic E-state index is 2.57. The zero-order valence-corrected chi connectivity index (χ0v) is 22.5. The molecule has 0 aromatic heterocycles. The average Bonchev–Trinajstić information content (AvgIpc) is 2.96. The van der Waals surface area contributed by atoms with Gasteiger partial charge in [0.25, 0.3) is 0 Å². The normalized spacial score (nSPS) is 11.9. The quantitative estimate of drug-likeness (QED) is 0.109. The van der Waals surface area contributed by atoms with E-state index >= 15 is 0 Å². The third-order valence-corrected chi connectivity index (χ3v) is 17.3. The third-order valence-electron chi connectivity index (χ3n) is 6.37. The van der Waals surface area contributed by atoms with Crippen molar-refractivity contribution in [3.05, 3.63) is 161 Å². The zero-order valence-electron chi connectivity index (χ0n) is 19.8. The van der Waals surface area contributed by atoms with Gasteiger partial charge >= 0.3 is 0 Å². The predicted molar refractivity (Wildman–Crippen MR) is 159 cm³/mol. The Morgan fingerprint density at radius 1 is 0.571 bits per heavy atom. The smallest absolute Gasteiger partial charge is 0.116 e. The highest BCUT2D eigenvalue weighted by molar-refractivity contribution is 8.11. The first kappa shape index (κ1) is 23.7. The molecule has 0 aliphatic heterocycles. The van der Waals surface area contributed by atoms with Crippen molar-refractivity contribution in [2.24, 2.45) is 0 Å². The number of thioether (sulfide) groups is 1. The van der Waals surface area contributed by atoms with Crippen LogP contribution in [0.4, 0.5) is 0 Å². The van der Waals surface area contributed by atoms with E-state index in [2.05, 4.69) is 158 Å². The van der Waals surface area contributed by atoms with E-state index in [4.69, 9.17) is 0 Å². The van der Waals surface area contributed by atoms with Gasteiger partial charge < -0.3 is 11.8 Å². The van der Waals surface area contributed by atoms with E-state index in [1.807, 2.05) is 11.8 Å². The van der Waals surface area contributed by atoms with Crippen molar-refractivity contribution in [2.75, 3.05) is 6.26 Å². The molecule has 1 unspecified atom stereocenters. The van der Waals surface area contributed by atoms with Gasteiger partial charge in [-0.3, -0.25) is 0 Å². The monoisotopic (exact) mass is 503 g/mol. The molecule has 0 aliphatic rings. The summed E-state index contributed by atoms with van der Waals surface area (Å²) in [7, 11) is -3.31. The minimum Gasteiger partial charge on any atom is -0.302 e. The molecule has 1 atom stereocenters. The molecule has 0 N–H and O–H groups in total. The summed E-state index contributed by atoms with van der Waals surface area (Å²) in [4.78, 5) is 1.40. The van der Waals surface area contributed by atoms with Crippen LogP contribution in [0.2, 0.25) is 0 Å². The van der Waals surface area contributed by atoms with Gasteiger partial charge in [0, 0.05) is 4.94 Å². The molecule has 0 fully saturated rings. The van der Waals surface area contributed by atoms with Crippen molar-refractivity contribution in [1.29, 1.82) is 0 Å². The molecule has 0 amide bonds. The van der Waals surface area contributed by atoms with Crippen LogP contribution in [0.15, 0.2) is 152 Å². The van der Waals surface area contributed by atoms with E-state index < -0.39 is 15.6 Å². The molecule has 5 rings (SSSR count). The summed E-state index contributed by atoms with van der Waals surface area (Å²) in [6.45, 7) is 0. The molecule has 0 radical (unpaired) electrons. The van der Waals surface area contributed by atoms with Gasteiger partial charge in [0.15, 0.2) is 0 Å². The van der Waals surface area contributed by atoms with E-state index in [1.54, 1.807) is 4.61 Å². The lowest BCUT2D eigenvalue weighted by Crippen LogP contribution is -2.70. The van der Waals surface area contributed by atoms with Crippen LogP contribution in [0.25, 0.3) is 0 Å². The van der Waals surface area contributed by atoms with E-state index in [0.717, 1.165) is 0 Å². The molecule has 35 heavy (non-hydrogen) atoms. The second-order valence-electron chi connectivity index (χ2n) is 8.36. The van der Waals surface area contributed by atoms with Gasteiger partial charge in [-0.05, 0) is 30.5 Å². The lowest BCUT2D eigenvalue weighted by Gasteiger charge is -2.46. The first-order valence-corrected chi connectivity index (χ1v) is 16.4. The average molecular weight is 504 g/mol. The lowest BCUT2D eigenvalue weighted by atomic mass is 10.3. The van der Waals surface area contributed by atoms with Crippen LogP contribution in [-0.4, -0.2) is 14.3 Å². The molecular weight excluding hydrogens is 475 g/mol. The predicted octanol–water partition coefficient (Wildman–Crippen LogP) is 6.31. The van der Waals surface area contributed by atoms with Crippen molar-refractivity contribution in [2.45, 2.75) is 0 Å². The Bertz CT molecular complexity index is 1300. The van der Waals surface area contributed by atoms with Crippen LogP contribution in [0.1, 0.15) is 0 Å². The number of rotatable bonds is 7. The molecular formula is C32H28PSSi-. The topological polar surface area (TPSA) is 0 Å². The molecule has 0 heterocycles. The molecule has 0 spiro atoms. The Labute approximate surface area is 215 Å². The Hall–Kier alpha value is -3.03. The van der Waals surface area contributed by atoms with Gasteiger partial charge in [-0.2, -0.15) is 18.2 Å². The Morgan fingerprint density at radius 2 is 1.00 bits per heavy atom. The number of hydrogen-bond donors (Lipinski definition) is 0. The summed E-state index contributed by atoms with van der Waals surface area (Å²) in [5.74, 6) is 0. The van der Waals surface area contributed by atoms with Gasteiger partial charge in [-0.25, -0.2) is 0 Å². The minimum absolute atomic E-state index is 0.732. The summed E-state index contributed by atoms with van der Waals surface area (Å²) in [5.41, 5.74) is 0. The maximum Gasteiger partial charge on any atom is 0.116 e. The summed E-state index contributed by atoms with van der Waals surface area (Å²) in [6, 6.07) is 56.0. The van der Waals surface area contributed by atoms with Crippen molar-refractivity contribution in [1.82, 2.24) is 0 Å². The molecule has 5 aromatic carbocycles. The second kappa shape index (κ2) is 11.1. The Morgan fingerprint density at radius 3 is 1.40 bits per heavy atom. The first-order chi connectivity index (χ1) is 17.4. The highest BCUT2D eigenvalue weighted by Gasteiger charge is 2.42. The van der Waals surface area contributed by atoms with Gasteiger partial charge in [-0.15, -0.1) is 12.1 Å². The molecule has 0 nitrogen and oxygen atoms in total. The summed E-state index contributed by atoms with van der Waals surface area (Å²) >= 11 is 1.97. The van der Waals surface area contributed by atoms with Crippen LogP contribution < -0.4 is 20.9 Å². The fourth-order valence-electron chi connectivity index (χ4n) is 4.88. The fourth-order valence-corrected chi connectivity index (χ4v) is 17.3.